The van der Waals surface area contributed by atoms with Crippen LogP contribution in [0.4, 0.5) is 13.2 Å². The summed E-state index contributed by atoms with van der Waals surface area (Å²) in [5.74, 6) is -1.61. The molecule has 2 aromatic carbocycles. The number of amidine groups is 1. The first-order valence-corrected chi connectivity index (χ1v) is 14.2. The van der Waals surface area contributed by atoms with Gasteiger partial charge in [-0.25, -0.2) is 4.99 Å². The molecule has 0 radical (unpaired) electrons. The third-order valence-electron chi connectivity index (χ3n) is 6.48. The van der Waals surface area contributed by atoms with Crippen molar-refractivity contribution in [2.24, 2.45) is 4.99 Å². The Kier molecular flexibility index (Phi) is 11.9. The maximum Gasteiger partial charge on any atom is 0.430 e. The van der Waals surface area contributed by atoms with E-state index in [4.69, 9.17) is 14.9 Å². The van der Waals surface area contributed by atoms with Gasteiger partial charge in [-0.1, -0.05) is 56.2 Å². The fraction of sp³-hybridized carbons (Fsp3) is 0.333. The van der Waals surface area contributed by atoms with Crippen LogP contribution in [0.2, 0.25) is 0 Å². The lowest BCUT2D eigenvalue weighted by Gasteiger charge is -2.17. The average Bonchev–Trinajstić information content (AvgIpc) is 3.62. The number of halogens is 3. The number of nitrogens with two attached hydrogens (primary N) is 1. The van der Waals surface area contributed by atoms with Gasteiger partial charge in [0, 0.05) is 39.4 Å². The summed E-state index contributed by atoms with van der Waals surface area (Å²) in [4.78, 5) is 38.1. The van der Waals surface area contributed by atoms with Gasteiger partial charge in [-0.15, -0.1) is 11.3 Å². The van der Waals surface area contributed by atoms with E-state index in [0.717, 1.165) is 58.4 Å². The Hall–Kier alpha value is -3.67. The number of nitrogens with one attached hydrogen (secondary N) is 1. The molecule has 1 aliphatic heterocycles. The van der Waals surface area contributed by atoms with Gasteiger partial charge in [0.05, 0.1) is 12.7 Å². The van der Waals surface area contributed by atoms with E-state index in [9.17, 15) is 22.8 Å². The number of Topliss-reactive ketones (excluding diaryl/α,β-unsaturated/α-hetero) is 2. The number of hydrogen-bond donors (Lipinski definition) is 2. The Bertz CT molecular complexity index is 1400. The molecule has 3 N–H and O–H groups in total. The van der Waals surface area contributed by atoms with Gasteiger partial charge >= 0.3 is 6.18 Å². The van der Waals surface area contributed by atoms with Crippen LogP contribution in [0.1, 0.15) is 61.4 Å². The third kappa shape index (κ3) is 9.73. The minimum Gasteiger partial charge on any atom is -0.542 e. The summed E-state index contributed by atoms with van der Waals surface area (Å²) < 4.78 is 32.7. The number of unbranched alkanes of at least 4 members (excludes halogenated alkanes) is 2. The number of carbonyl (C=O) groups excluding carboxylic acids is 3. The van der Waals surface area contributed by atoms with Crippen LogP contribution in [0.3, 0.4) is 0 Å². The highest BCUT2D eigenvalue weighted by atomic mass is 32.1. The smallest absolute Gasteiger partial charge is 0.430 e. The Morgan fingerprint density at radius 2 is 1.71 bits per heavy atom. The van der Waals surface area contributed by atoms with Crippen molar-refractivity contribution >= 4 is 50.5 Å². The van der Waals surface area contributed by atoms with Crippen molar-refractivity contribution in [2.75, 3.05) is 6.54 Å². The number of quaternary nitrogens is 1. The SMILES string of the molecule is CCC(=O)CCCCC[C@H](NCC(=O)c1csc2ccccc12)C1=NC=C(c2ccccc2)[NH2+]1.O=C([O-])C(F)(F)F. The number of benzene rings is 2. The van der Waals surface area contributed by atoms with Gasteiger partial charge < -0.3 is 9.90 Å². The van der Waals surface area contributed by atoms with E-state index < -0.39 is 12.1 Å². The largest absolute Gasteiger partial charge is 0.542 e. The average molecular weight is 588 g/mol. The molecule has 3 aromatic rings. The van der Waals surface area contributed by atoms with Crippen molar-refractivity contribution < 1.29 is 38.0 Å². The molecule has 0 fully saturated rings. The minimum absolute atomic E-state index is 0.00631. The summed E-state index contributed by atoms with van der Waals surface area (Å²) in [7, 11) is 0. The normalized spacial score (nSPS) is 13.7. The molecule has 11 heteroatoms. The van der Waals surface area contributed by atoms with E-state index in [1.165, 1.54) is 0 Å². The van der Waals surface area contributed by atoms with E-state index in [1.807, 2.05) is 54.9 Å². The quantitative estimate of drug-likeness (QED) is 0.229. The van der Waals surface area contributed by atoms with Gasteiger partial charge in [0.15, 0.2) is 11.5 Å². The molecule has 1 atom stereocenters. The number of nitrogens with zero attached hydrogens (tertiary/aromatic N) is 1. The fourth-order valence-corrected chi connectivity index (χ4v) is 5.21. The number of alkyl halides is 3. The second-order valence-corrected chi connectivity index (χ2v) is 10.3. The lowest BCUT2D eigenvalue weighted by atomic mass is 10.0. The molecular weight excluding hydrogens is 555 g/mol. The second kappa shape index (κ2) is 15.4. The molecule has 4 rings (SSSR count). The highest BCUT2D eigenvalue weighted by Crippen LogP contribution is 2.26. The van der Waals surface area contributed by atoms with Crippen LogP contribution < -0.4 is 15.7 Å². The molecule has 218 valence electrons. The summed E-state index contributed by atoms with van der Waals surface area (Å²) in [6.45, 7) is 2.19. The van der Waals surface area contributed by atoms with E-state index in [2.05, 4.69) is 28.8 Å². The van der Waals surface area contributed by atoms with E-state index >= 15 is 0 Å². The number of hydrogen-bond acceptors (Lipinski definition) is 7. The maximum atomic E-state index is 13.1. The number of aliphatic imine (C=N–C) groups is 1. The molecule has 0 saturated heterocycles. The molecule has 0 amide bonds. The number of ketones is 2. The zero-order valence-corrected chi connectivity index (χ0v) is 23.4. The van der Waals surface area contributed by atoms with E-state index in [1.54, 1.807) is 11.3 Å². The monoisotopic (exact) mass is 587 g/mol. The van der Waals surface area contributed by atoms with Crippen LogP contribution in [-0.2, 0) is 9.59 Å². The number of carboxylic acid groups (broad SMARTS) is 1. The van der Waals surface area contributed by atoms with Crippen molar-refractivity contribution in [3.63, 3.8) is 0 Å². The summed E-state index contributed by atoms with van der Waals surface area (Å²) in [5, 5.41) is 17.4. The topological polar surface area (TPSA) is 115 Å². The molecule has 0 bridgehead atoms. The molecule has 7 nitrogen and oxygen atoms in total. The molecule has 0 aliphatic carbocycles. The predicted molar refractivity (Wildman–Crippen MR) is 151 cm³/mol. The molecule has 0 saturated carbocycles. The van der Waals surface area contributed by atoms with E-state index in [0.29, 0.717) is 18.6 Å². The Morgan fingerprint density at radius 1 is 1.02 bits per heavy atom. The third-order valence-corrected chi connectivity index (χ3v) is 7.45. The molecule has 1 aliphatic rings. The van der Waals surface area contributed by atoms with Crippen molar-refractivity contribution in [3.05, 3.63) is 77.3 Å². The van der Waals surface area contributed by atoms with Gasteiger partial charge in [-0.3, -0.25) is 20.2 Å². The number of thiophene rings is 1. The van der Waals surface area contributed by atoms with Crippen LogP contribution >= 0.6 is 11.3 Å². The number of carbonyl (C=O) groups is 3. The molecule has 0 unspecified atom stereocenters. The summed E-state index contributed by atoms with van der Waals surface area (Å²) in [5.41, 5.74) is 3.01. The van der Waals surface area contributed by atoms with Crippen molar-refractivity contribution in [3.8, 4) is 0 Å². The van der Waals surface area contributed by atoms with Crippen LogP contribution in [0, 0.1) is 0 Å². The summed E-state index contributed by atoms with van der Waals surface area (Å²) in [6.07, 6.45) is 1.77. The molecule has 1 aromatic heterocycles. The minimum atomic E-state index is -5.19. The Morgan fingerprint density at radius 3 is 2.39 bits per heavy atom. The van der Waals surface area contributed by atoms with Gasteiger partial charge in [-0.2, -0.15) is 13.2 Å². The summed E-state index contributed by atoms with van der Waals surface area (Å²) in [6, 6.07) is 18.3. The van der Waals surface area contributed by atoms with Crippen LogP contribution in [0.25, 0.3) is 15.8 Å². The maximum absolute atomic E-state index is 13.1. The Labute approximate surface area is 240 Å². The highest BCUT2D eigenvalue weighted by Gasteiger charge is 2.29. The van der Waals surface area contributed by atoms with Gasteiger partial charge in [0.25, 0.3) is 0 Å². The number of rotatable bonds is 13. The molecular formula is C30H32F3N3O4S. The van der Waals surface area contributed by atoms with Gasteiger partial charge in [0.1, 0.15) is 17.8 Å². The number of aliphatic carboxylic acids is 1. The predicted octanol–water partition coefficient (Wildman–Crippen LogP) is 4.24. The second-order valence-electron chi connectivity index (χ2n) is 9.43. The van der Waals surface area contributed by atoms with Crippen molar-refractivity contribution in [2.45, 2.75) is 57.7 Å². The number of fused-ring (bicyclic) bond motifs is 1. The highest BCUT2D eigenvalue weighted by molar-refractivity contribution is 7.17. The number of carboxylic acids is 1. The van der Waals surface area contributed by atoms with Crippen molar-refractivity contribution in [1.29, 1.82) is 0 Å². The van der Waals surface area contributed by atoms with Crippen molar-refractivity contribution in [1.82, 2.24) is 5.32 Å². The molecule has 0 spiro atoms. The lowest BCUT2D eigenvalue weighted by molar-refractivity contribution is -0.434. The van der Waals surface area contributed by atoms with Gasteiger partial charge in [0.2, 0.25) is 5.84 Å². The van der Waals surface area contributed by atoms with Crippen LogP contribution in [-0.4, -0.2) is 42.1 Å². The Balaban J connectivity index is 0.000000587. The fourth-order valence-electron chi connectivity index (χ4n) is 4.24. The van der Waals surface area contributed by atoms with Crippen LogP contribution in [0.5, 0.6) is 0 Å². The van der Waals surface area contributed by atoms with Crippen LogP contribution in [0.15, 0.2) is 71.2 Å². The van der Waals surface area contributed by atoms with Gasteiger partial charge in [-0.05, 0) is 31.0 Å². The first-order chi connectivity index (χ1) is 19.6. The molecule has 2 heterocycles. The van der Waals surface area contributed by atoms with E-state index in [-0.39, 0.29) is 18.4 Å². The lowest BCUT2D eigenvalue weighted by Crippen LogP contribution is -2.87. The standard InChI is InChI=1S/C28H31N3O2S.C2HF3O2/c1-2-21(32)13-7-4-8-15-24(28-30-17-25(31-28)20-11-5-3-6-12-20)29-18-26(33)23-19-34-27-16-10-9-14-22(23)27;3-2(4,5)1(6)7/h3,5-6,9-12,14,16-17,19,24,29H,2,4,7-8,13,15,18H2,1H3,(H,30,31);(H,6,7)/t24-;/m0./s1. The molecule has 41 heavy (non-hydrogen) atoms. The first kappa shape index (κ1) is 31.9. The zero-order chi connectivity index (χ0) is 29.8. The summed E-state index contributed by atoms with van der Waals surface area (Å²) >= 11 is 1.61. The first-order valence-electron chi connectivity index (χ1n) is 13.3. The zero-order valence-electron chi connectivity index (χ0n) is 22.6.